The van der Waals surface area contributed by atoms with Crippen LogP contribution < -0.4 is 10.6 Å². The van der Waals surface area contributed by atoms with Crippen LogP contribution in [0.4, 0.5) is 10.2 Å². The molecule has 0 saturated carbocycles. The molecule has 1 atom stereocenters. The molecule has 0 spiro atoms. The lowest BCUT2D eigenvalue weighted by Gasteiger charge is -2.17. The van der Waals surface area contributed by atoms with Gasteiger partial charge in [-0.15, -0.1) is 0 Å². The van der Waals surface area contributed by atoms with Gasteiger partial charge < -0.3 is 10.6 Å². The minimum atomic E-state index is -0.276. The van der Waals surface area contributed by atoms with Crippen LogP contribution >= 0.6 is 0 Å². The van der Waals surface area contributed by atoms with Crippen molar-refractivity contribution in [2.45, 2.75) is 25.3 Å². The fourth-order valence-electron chi connectivity index (χ4n) is 1.83. The lowest BCUT2D eigenvalue weighted by molar-refractivity contribution is 0.599. The van der Waals surface area contributed by atoms with E-state index in [0.717, 1.165) is 19.5 Å². The van der Waals surface area contributed by atoms with Crippen molar-refractivity contribution in [3.63, 3.8) is 0 Å². The first-order valence-electron chi connectivity index (χ1n) is 5.44. The van der Waals surface area contributed by atoms with E-state index in [0.29, 0.717) is 5.82 Å². The van der Waals surface area contributed by atoms with E-state index in [1.165, 1.54) is 18.9 Å². The van der Waals surface area contributed by atoms with Crippen LogP contribution in [-0.4, -0.2) is 24.1 Å². The monoisotopic (exact) mass is 209 g/mol. The molecule has 2 N–H and O–H groups in total. The van der Waals surface area contributed by atoms with Crippen LogP contribution in [0.2, 0.25) is 0 Å². The zero-order chi connectivity index (χ0) is 10.5. The second-order valence-electron chi connectivity index (χ2n) is 3.87. The van der Waals surface area contributed by atoms with Crippen LogP contribution in [0.1, 0.15) is 19.3 Å². The molecule has 15 heavy (non-hydrogen) atoms. The van der Waals surface area contributed by atoms with Crippen LogP contribution in [-0.2, 0) is 0 Å². The van der Waals surface area contributed by atoms with Gasteiger partial charge in [0.25, 0.3) is 0 Å². The molecule has 0 amide bonds. The van der Waals surface area contributed by atoms with Gasteiger partial charge in [-0.05, 0) is 31.5 Å². The SMILES string of the molecule is Fc1cccnc1NC1CCCCNC1. The summed E-state index contributed by atoms with van der Waals surface area (Å²) < 4.78 is 13.3. The highest BCUT2D eigenvalue weighted by molar-refractivity contribution is 5.36. The molecule has 1 aliphatic heterocycles. The molecule has 1 aliphatic rings. The number of anilines is 1. The van der Waals surface area contributed by atoms with Crippen LogP contribution in [0.5, 0.6) is 0 Å². The van der Waals surface area contributed by atoms with Crippen molar-refractivity contribution in [3.8, 4) is 0 Å². The first-order valence-corrected chi connectivity index (χ1v) is 5.44. The van der Waals surface area contributed by atoms with Gasteiger partial charge in [-0.25, -0.2) is 9.37 Å². The number of nitrogens with zero attached hydrogens (tertiary/aromatic N) is 1. The number of hydrogen-bond acceptors (Lipinski definition) is 3. The maximum atomic E-state index is 13.3. The largest absolute Gasteiger partial charge is 0.364 e. The van der Waals surface area contributed by atoms with E-state index in [-0.39, 0.29) is 11.9 Å². The topological polar surface area (TPSA) is 37.0 Å². The molecule has 2 heterocycles. The van der Waals surface area contributed by atoms with Gasteiger partial charge in [0.2, 0.25) is 0 Å². The van der Waals surface area contributed by atoms with E-state index in [1.54, 1.807) is 12.3 Å². The predicted molar refractivity (Wildman–Crippen MR) is 58.3 cm³/mol. The van der Waals surface area contributed by atoms with E-state index < -0.39 is 0 Å². The Bertz CT molecular complexity index is 308. The Hall–Kier alpha value is -1.16. The van der Waals surface area contributed by atoms with E-state index in [4.69, 9.17) is 0 Å². The maximum Gasteiger partial charge on any atom is 0.165 e. The van der Waals surface area contributed by atoms with Crippen molar-refractivity contribution >= 4 is 5.82 Å². The fraction of sp³-hybridized carbons (Fsp3) is 0.545. The third-order valence-electron chi connectivity index (χ3n) is 2.65. The summed E-state index contributed by atoms with van der Waals surface area (Å²) in [6, 6.07) is 3.32. The zero-order valence-corrected chi connectivity index (χ0v) is 8.67. The minimum Gasteiger partial charge on any atom is -0.364 e. The van der Waals surface area contributed by atoms with Gasteiger partial charge in [0.05, 0.1) is 0 Å². The molecular weight excluding hydrogens is 193 g/mol. The maximum absolute atomic E-state index is 13.3. The quantitative estimate of drug-likeness (QED) is 0.779. The summed E-state index contributed by atoms with van der Waals surface area (Å²) in [5.41, 5.74) is 0. The first-order chi connectivity index (χ1) is 7.36. The van der Waals surface area contributed by atoms with Gasteiger partial charge >= 0.3 is 0 Å². The second kappa shape index (κ2) is 5.07. The van der Waals surface area contributed by atoms with E-state index >= 15 is 0 Å². The molecule has 1 fully saturated rings. The smallest absolute Gasteiger partial charge is 0.165 e. The molecule has 0 bridgehead atoms. The fourth-order valence-corrected chi connectivity index (χ4v) is 1.83. The highest BCUT2D eigenvalue weighted by atomic mass is 19.1. The Balaban J connectivity index is 1.98. The highest BCUT2D eigenvalue weighted by Gasteiger charge is 2.13. The van der Waals surface area contributed by atoms with Crippen molar-refractivity contribution in [1.82, 2.24) is 10.3 Å². The summed E-state index contributed by atoms with van der Waals surface area (Å²) in [5.74, 6) is 0.0907. The predicted octanol–water partition coefficient (Wildman–Crippen LogP) is 1.77. The second-order valence-corrected chi connectivity index (χ2v) is 3.87. The summed E-state index contributed by atoms with van der Waals surface area (Å²) >= 11 is 0. The van der Waals surface area contributed by atoms with Crippen LogP contribution in [0, 0.1) is 5.82 Å². The van der Waals surface area contributed by atoms with Gasteiger partial charge in [0, 0.05) is 18.8 Å². The Morgan fingerprint density at radius 3 is 3.27 bits per heavy atom. The Morgan fingerprint density at radius 2 is 2.40 bits per heavy atom. The van der Waals surface area contributed by atoms with E-state index in [2.05, 4.69) is 15.6 Å². The number of rotatable bonds is 2. The molecular formula is C11H16FN3. The van der Waals surface area contributed by atoms with Gasteiger partial charge in [-0.2, -0.15) is 0 Å². The molecule has 1 aromatic rings. The Kier molecular flexibility index (Phi) is 3.50. The summed E-state index contributed by atoms with van der Waals surface area (Å²) in [4.78, 5) is 3.99. The first kappa shape index (κ1) is 10.4. The average Bonchev–Trinajstić information content (AvgIpc) is 2.50. The standard InChI is InChI=1S/C11H16FN3/c12-10-5-3-7-14-11(10)15-9-4-1-2-6-13-8-9/h3,5,7,9,13H,1-2,4,6,8H2,(H,14,15). The number of nitrogens with one attached hydrogen (secondary N) is 2. The average molecular weight is 209 g/mol. The van der Waals surface area contributed by atoms with Crippen LogP contribution in [0.3, 0.4) is 0 Å². The van der Waals surface area contributed by atoms with Gasteiger partial charge in [0.15, 0.2) is 11.6 Å². The Morgan fingerprint density at radius 1 is 1.47 bits per heavy atom. The molecule has 4 heteroatoms. The summed E-state index contributed by atoms with van der Waals surface area (Å²) in [6.07, 6.45) is 5.06. The van der Waals surface area contributed by atoms with Crippen molar-refractivity contribution in [2.75, 3.05) is 18.4 Å². The summed E-state index contributed by atoms with van der Waals surface area (Å²) in [7, 11) is 0. The van der Waals surface area contributed by atoms with Gasteiger partial charge in [0.1, 0.15) is 0 Å². The number of pyridine rings is 1. The van der Waals surface area contributed by atoms with Gasteiger partial charge in [-0.1, -0.05) is 6.42 Å². The molecule has 1 aromatic heterocycles. The molecule has 1 unspecified atom stereocenters. The molecule has 3 nitrogen and oxygen atoms in total. The van der Waals surface area contributed by atoms with Crippen molar-refractivity contribution in [2.24, 2.45) is 0 Å². The highest BCUT2D eigenvalue weighted by Crippen LogP contribution is 2.13. The summed E-state index contributed by atoms with van der Waals surface area (Å²) in [6.45, 7) is 1.94. The van der Waals surface area contributed by atoms with Crippen molar-refractivity contribution < 1.29 is 4.39 Å². The number of aromatic nitrogens is 1. The number of halogens is 1. The van der Waals surface area contributed by atoms with E-state index in [9.17, 15) is 4.39 Å². The van der Waals surface area contributed by atoms with Gasteiger partial charge in [-0.3, -0.25) is 0 Å². The van der Waals surface area contributed by atoms with Crippen molar-refractivity contribution in [1.29, 1.82) is 0 Å². The van der Waals surface area contributed by atoms with Crippen LogP contribution in [0.15, 0.2) is 18.3 Å². The third-order valence-corrected chi connectivity index (χ3v) is 2.65. The van der Waals surface area contributed by atoms with Crippen LogP contribution in [0.25, 0.3) is 0 Å². The summed E-state index contributed by atoms with van der Waals surface area (Å²) in [5, 5.41) is 6.46. The normalized spacial score (nSPS) is 22.1. The lowest BCUT2D eigenvalue weighted by atomic mass is 10.1. The molecule has 0 aliphatic carbocycles. The molecule has 2 rings (SSSR count). The van der Waals surface area contributed by atoms with Crippen molar-refractivity contribution in [3.05, 3.63) is 24.1 Å². The lowest BCUT2D eigenvalue weighted by Crippen LogP contribution is -2.31. The molecule has 82 valence electrons. The Labute approximate surface area is 89.1 Å². The molecule has 0 aromatic carbocycles. The molecule has 0 radical (unpaired) electrons. The number of hydrogen-bond donors (Lipinski definition) is 2. The minimum absolute atomic E-state index is 0.276. The van der Waals surface area contributed by atoms with E-state index in [1.807, 2.05) is 0 Å². The zero-order valence-electron chi connectivity index (χ0n) is 8.67. The third kappa shape index (κ3) is 2.89. The molecule has 1 saturated heterocycles.